The van der Waals surface area contributed by atoms with Crippen molar-refractivity contribution in [1.82, 2.24) is 0 Å². The van der Waals surface area contributed by atoms with Crippen molar-refractivity contribution < 1.29 is 23.8 Å². The van der Waals surface area contributed by atoms with Crippen LogP contribution >= 0.6 is 0 Å². The van der Waals surface area contributed by atoms with Crippen LogP contribution in [0.1, 0.15) is 124 Å². The first kappa shape index (κ1) is 30.8. The summed E-state index contributed by atoms with van der Waals surface area (Å²) in [6.07, 6.45) is 20.0. The van der Waals surface area contributed by atoms with Crippen LogP contribution < -0.4 is 0 Å². The lowest BCUT2D eigenvalue weighted by Crippen LogP contribution is -2.41. The van der Waals surface area contributed by atoms with E-state index >= 15 is 0 Å². The lowest BCUT2D eigenvalue weighted by Gasteiger charge is -2.27. The predicted molar refractivity (Wildman–Crippen MR) is 139 cm³/mol. The van der Waals surface area contributed by atoms with E-state index in [9.17, 15) is 9.59 Å². The number of ketones is 1. The molecule has 0 amide bonds. The Morgan fingerprint density at radius 1 is 0.971 bits per heavy atom. The molecule has 1 saturated carbocycles. The van der Waals surface area contributed by atoms with Gasteiger partial charge in [0.05, 0.1) is 6.61 Å². The van der Waals surface area contributed by atoms with Gasteiger partial charge in [-0.25, -0.2) is 4.79 Å². The summed E-state index contributed by atoms with van der Waals surface area (Å²) in [5.41, 5.74) is -1.11. The molecule has 0 heterocycles. The topological polar surface area (TPSA) is 61.8 Å². The van der Waals surface area contributed by atoms with Gasteiger partial charge in [-0.15, -0.1) is 0 Å². The monoisotopic (exact) mass is 480 g/mol. The third-order valence-electron chi connectivity index (χ3n) is 7.13. The number of esters is 1. The number of carbonyl (C=O) groups excluding carboxylic acids is 2. The van der Waals surface area contributed by atoms with Gasteiger partial charge in [0, 0.05) is 18.9 Å². The largest absolute Gasteiger partial charge is 0.464 e. The molecule has 1 aliphatic carbocycles. The second kappa shape index (κ2) is 19.0. The minimum absolute atomic E-state index is 0.0771. The second-order valence-electron chi connectivity index (χ2n) is 9.75. The summed E-state index contributed by atoms with van der Waals surface area (Å²) in [5, 5.41) is 0. The molecule has 0 aromatic carbocycles. The molecule has 5 nitrogen and oxygen atoms in total. The van der Waals surface area contributed by atoms with Crippen LogP contribution in [0.3, 0.4) is 0 Å². The summed E-state index contributed by atoms with van der Waals surface area (Å²) < 4.78 is 16.7. The van der Waals surface area contributed by atoms with Crippen molar-refractivity contribution in [2.75, 3.05) is 20.0 Å². The molecule has 34 heavy (non-hydrogen) atoms. The van der Waals surface area contributed by atoms with Crippen LogP contribution in [0.5, 0.6) is 0 Å². The Bertz CT molecular complexity index is 573. The van der Waals surface area contributed by atoms with Crippen LogP contribution in [-0.2, 0) is 23.8 Å². The zero-order chi connectivity index (χ0) is 25.1. The first-order valence-corrected chi connectivity index (χ1v) is 14.1. The average Bonchev–Trinajstić information content (AvgIpc) is 3.19. The van der Waals surface area contributed by atoms with Crippen molar-refractivity contribution in [2.24, 2.45) is 11.8 Å². The number of allylic oxidation sites excluding steroid dienone is 1. The molecule has 5 heteroatoms. The van der Waals surface area contributed by atoms with Gasteiger partial charge < -0.3 is 14.2 Å². The highest BCUT2D eigenvalue weighted by molar-refractivity contribution is 5.83. The molecule has 3 atom stereocenters. The zero-order valence-electron chi connectivity index (χ0n) is 22.6. The summed E-state index contributed by atoms with van der Waals surface area (Å²) in [7, 11) is 0. The summed E-state index contributed by atoms with van der Waals surface area (Å²) in [4.78, 5) is 25.1. The van der Waals surface area contributed by atoms with E-state index in [2.05, 4.69) is 13.8 Å². The lowest BCUT2D eigenvalue weighted by molar-refractivity contribution is -0.181. The number of Topliss-reactive ketones (excluding diaryl/α,β-unsaturated/α-hetero) is 1. The first-order chi connectivity index (χ1) is 16.5. The van der Waals surface area contributed by atoms with Gasteiger partial charge >= 0.3 is 5.97 Å². The van der Waals surface area contributed by atoms with Crippen LogP contribution in [0.4, 0.5) is 0 Å². The predicted octanol–water partition coefficient (Wildman–Crippen LogP) is 7.56. The molecule has 0 aliphatic heterocycles. The molecule has 0 bridgehead atoms. The van der Waals surface area contributed by atoms with E-state index in [-0.39, 0.29) is 18.7 Å². The van der Waals surface area contributed by atoms with Gasteiger partial charge in [0.1, 0.15) is 12.6 Å². The molecule has 198 valence electrons. The van der Waals surface area contributed by atoms with Crippen molar-refractivity contribution in [3.63, 3.8) is 0 Å². The van der Waals surface area contributed by atoms with E-state index in [0.717, 1.165) is 44.9 Å². The highest BCUT2D eigenvalue weighted by Crippen LogP contribution is 2.36. The third kappa shape index (κ3) is 11.5. The van der Waals surface area contributed by atoms with Gasteiger partial charge in [0.15, 0.2) is 5.60 Å². The molecule has 0 aromatic heterocycles. The van der Waals surface area contributed by atoms with Crippen molar-refractivity contribution >= 4 is 11.8 Å². The fourth-order valence-electron chi connectivity index (χ4n) is 4.88. The number of ether oxygens (including phenoxy) is 3. The normalized spacial score (nSPS) is 20.2. The van der Waals surface area contributed by atoms with Gasteiger partial charge in [0.2, 0.25) is 0 Å². The Morgan fingerprint density at radius 2 is 1.71 bits per heavy atom. The van der Waals surface area contributed by atoms with Crippen LogP contribution in [0.15, 0.2) is 12.2 Å². The van der Waals surface area contributed by atoms with Crippen LogP contribution in [0, 0.1) is 11.8 Å². The van der Waals surface area contributed by atoms with Crippen molar-refractivity contribution in [3.05, 3.63) is 12.2 Å². The summed E-state index contributed by atoms with van der Waals surface area (Å²) in [6.45, 7) is 9.11. The van der Waals surface area contributed by atoms with E-state index in [0.29, 0.717) is 31.3 Å². The van der Waals surface area contributed by atoms with Crippen molar-refractivity contribution in [2.45, 2.75) is 130 Å². The Hall–Kier alpha value is -1.20. The van der Waals surface area contributed by atoms with E-state index in [1.54, 1.807) is 6.92 Å². The molecule has 1 aliphatic rings. The summed E-state index contributed by atoms with van der Waals surface area (Å²) in [6, 6.07) is 0. The highest BCUT2D eigenvalue weighted by Gasteiger charge is 2.37. The maximum atomic E-state index is 12.7. The molecular weight excluding hydrogens is 428 g/mol. The number of hydrogen-bond acceptors (Lipinski definition) is 5. The number of carbonyl (C=O) groups is 2. The van der Waals surface area contributed by atoms with Gasteiger partial charge in [0.25, 0.3) is 0 Å². The average molecular weight is 481 g/mol. The molecule has 1 fully saturated rings. The molecule has 0 aromatic rings. The van der Waals surface area contributed by atoms with Crippen LogP contribution in [0.25, 0.3) is 0 Å². The smallest absolute Gasteiger partial charge is 0.342 e. The van der Waals surface area contributed by atoms with Crippen LogP contribution in [0.2, 0.25) is 0 Å². The van der Waals surface area contributed by atoms with Gasteiger partial charge in [-0.05, 0) is 63.9 Å². The van der Waals surface area contributed by atoms with E-state index in [1.165, 1.54) is 44.9 Å². The second-order valence-corrected chi connectivity index (χ2v) is 9.75. The first-order valence-electron chi connectivity index (χ1n) is 14.1. The molecule has 1 unspecified atom stereocenters. The standard InChI is InChI=1S/C29H52O5/c1-5-9-11-12-13-15-18-25-20-21-27(30)26(25)19-16-14-17-22-29(7-3,28(31)33-8-4)34-24-32-23-10-6-2/h17,22,25-26H,5-16,18-21,23-24H2,1-4H3/t25-,26+,29?/m0/s1. The molecule has 0 saturated heterocycles. The Morgan fingerprint density at radius 3 is 2.41 bits per heavy atom. The van der Waals surface area contributed by atoms with E-state index in [1.807, 2.05) is 19.1 Å². The maximum Gasteiger partial charge on any atom is 0.342 e. The number of rotatable bonds is 21. The van der Waals surface area contributed by atoms with E-state index in [4.69, 9.17) is 14.2 Å². The maximum absolute atomic E-state index is 12.7. The quantitative estimate of drug-likeness (QED) is 0.0734. The van der Waals surface area contributed by atoms with Gasteiger partial charge in [-0.2, -0.15) is 0 Å². The highest BCUT2D eigenvalue weighted by atomic mass is 16.7. The zero-order valence-corrected chi connectivity index (χ0v) is 22.6. The van der Waals surface area contributed by atoms with E-state index < -0.39 is 5.60 Å². The molecule has 0 N–H and O–H groups in total. The lowest BCUT2D eigenvalue weighted by atomic mass is 9.86. The number of hydrogen-bond donors (Lipinski definition) is 0. The van der Waals surface area contributed by atoms with Gasteiger partial charge in [-0.1, -0.05) is 71.8 Å². The molecule has 1 rings (SSSR count). The fraction of sp³-hybridized carbons (Fsp3) is 0.862. The molecule has 0 spiro atoms. The van der Waals surface area contributed by atoms with Crippen molar-refractivity contribution in [1.29, 1.82) is 0 Å². The SMILES string of the molecule is CCCCCCCC[C@H]1CCC(=O)[C@@H]1CCCC=CC(CC)(OCOCCCC)C(=O)OCC. The third-order valence-corrected chi connectivity index (χ3v) is 7.13. The van der Waals surface area contributed by atoms with Gasteiger partial charge in [-0.3, -0.25) is 4.79 Å². The summed E-state index contributed by atoms with van der Waals surface area (Å²) in [5.74, 6) is 0.897. The Balaban J connectivity index is 2.51. The molecule has 0 radical (unpaired) electrons. The minimum Gasteiger partial charge on any atom is -0.464 e. The number of unbranched alkanes of at least 4 members (excludes halogenated alkanes) is 7. The Labute approximate surface area is 209 Å². The molecular formula is C29H52O5. The minimum atomic E-state index is -1.11. The Kier molecular flexibility index (Phi) is 17.3. The fourth-order valence-corrected chi connectivity index (χ4v) is 4.88. The van der Waals surface area contributed by atoms with Crippen molar-refractivity contribution in [3.8, 4) is 0 Å². The summed E-state index contributed by atoms with van der Waals surface area (Å²) >= 11 is 0. The van der Waals surface area contributed by atoms with Crippen LogP contribution in [-0.4, -0.2) is 37.4 Å².